The summed E-state index contributed by atoms with van der Waals surface area (Å²) >= 11 is 0. The van der Waals surface area contributed by atoms with Crippen LogP contribution in [0.15, 0.2) is 5.34 Å². The molecule has 0 aromatic rings. The summed E-state index contributed by atoms with van der Waals surface area (Å²) in [4.78, 5) is 33.5. The maximum Gasteiger partial charge on any atom is 0.338 e. The van der Waals surface area contributed by atoms with E-state index in [2.05, 4.69) is 4.84 Å². The number of aliphatic carboxylic acids is 1. The topological polar surface area (TPSA) is 119 Å². The van der Waals surface area contributed by atoms with E-state index in [1.807, 2.05) is 5.34 Å². The van der Waals surface area contributed by atoms with Gasteiger partial charge in [-0.15, -0.1) is 4.91 Å². The fourth-order valence-electron chi connectivity index (χ4n) is 0.484. The van der Waals surface area contributed by atoms with E-state index in [1.54, 1.807) is 0 Å². The van der Waals surface area contributed by atoms with E-state index < -0.39 is 18.0 Å². The van der Waals surface area contributed by atoms with Crippen LogP contribution in [0.4, 0.5) is 0 Å². The highest BCUT2D eigenvalue weighted by Crippen LogP contribution is 1.97. The van der Waals surface area contributed by atoms with Gasteiger partial charge in [0.2, 0.25) is 0 Å². The van der Waals surface area contributed by atoms with E-state index in [9.17, 15) is 14.5 Å². The maximum atomic E-state index is 10.4. The van der Waals surface area contributed by atoms with Crippen molar-refractivity contribution >= 4 is 11.9 Å². The van der Waals surface area contributed by atoms with Crippen molar-refractivity contribution in [3.8, 4) is 0 Å². The Bertz CT molecular complexity index is 192. The van der Waals surface area contributed by atoms with E-state index in [0.717, 1.165) is 0 Å². The van der Waals surface area contributed by atoms with Crippen molar-refractivity contribution in [2.45, 2.75) is 18.9 Å². The summed E-state index contributed by atoms with van der Waals surface area (Å²) in [6, 6.07) is -1.12. The first kappa shape index (κ1) is 10.5. The number of hydrogen-bond acceptors (Lipinski definition) is 6. The van der Waals surface area contributed by atoms with Crippen molar-refractivity contribution in [1.82, 2.24) is 0 Å². The molecule has 0 amide bonds. The first-order chi connectivity index (χ1) is 5.57. The molecule has 0 unspecified atom stereocenters. The molecule has 12 heavy (non-hydrogen) atoms. The van der Waals surface area contributed by atoms with E-state index in [0.29, 0.717) is 0 Å². The van der Waals surface area contributed by atoms with E-state index >= 15 is 0 Å². The van der Waals surface area contributed by atoms with Gasteiger partial charge in [-0.3, -0.25) is 9.63 Å². The van der Waals surface area contributed by atoms with Crippen LogP contribution in [0.1, 0.15) is 12.8 Å². The third-order valence-electron chi connectivity index (χ3n) is 1.12. The van der Waals surface area contributed by atoms with Gasteiger partial charge in [-0.2, -0.15) is 0 Å². The van der Waals surface area contributed by atoms with Crippen LogP contribution in [0.2, 0.25) is 0 Å². The van der Waals surface area contributed by atoms with Crippen molar-refractivity contribution < 1.29 is 19.5 Å². The van der Waals surface area contributed by atoms with Gasteiger partial charge in [0.25, 0.3) is 0 Å². The zero-order chi connectivity index (χ0) is 9.56. The smallest absolute Gasteiger partial charge is 0.338 e. The second-order valence-electron chi connectivity index (χ2n) is 2.02. The Labute approximate surface area is 67.4 Å². The molecule has 0 fully saturated rings. The van der Waals surface area contributed by atoms with E-state index in [1.165, 1.54) is 0 Å². The van der Waals surface area contributed by atoms with Crippen LogP contribution in [-0.2, 0) is 14.4 Å². The molecule has 0 heterocycles. The molecule has 0 aromatic heterocycles. The van der Waals surface area contributed by atoms with Crippen LogP contribution in [0.25, 0.3) is 0 Å². The molecule has 7 nitrogen and oxygen atoms in total. The number of rotatable bonds is 5. The number of carbonyl (C=O) groups is 2. The van der Waals surface area contributed by atoms with Crippen LogP contribution in [-0.4, -0.2) is 23.1 Å². The quantitative estimate of drug-likeness (QED) is 0.426. The minimum atomic E-state index is -1.21. The van der Waals surface area contributed by atoms with Gasteiger partial charge in [-0.05, 0) is 6.42 Å². The van der Waals surface area contributed by atoms with E-state index in [-0.39, 0.29) is 12.8 Å². The zero-order valence-electron chi connectivity index (χ0n) is 6.10. The van der Waals surface area contributed by atoms with Crippen LogP contribution in [0.5, 0.6) is 0 Å². The highest BCUT2D eigenvalue weighted by atomic mass is 16.7. The van der Waals surface area contributed by atoms with Crippen LogP contribution in [0.3, 0.4) is 0 Å². The lowest BCUT2D eigenvalue weighted by Crippen LogP contribution is -2.30. The molecule has 0 saturated carbocycles. The van der Waals surface area contributed by atoms with Crippen molar-refractivity contribution in [2.75, 3.05) is 0 Å². The molecular weight excluding hydrogens is 168 g/mol. The number of carbonyl (C=O) groups excluding carboxylic acids is 1. The van der Waals surface area contributed by atoms with Crippen molar-refractivity contribution in [3.05, 3.63) is 4.91 Å². The third-order valence-corrected chi connectivity index (χ3v) is 1.12. The van der Waals surface area contributed by atoms with Gasteiger partial charge in [0.1, 0.15) is 6.04 Å². The largest absolute Gasteiger partial charge is 0.480 e. The summed E-state index contributed by atoms with van der Waals surface area (Å²) in [7, 11) is 0. The first-order valence-electron chi connectivity index (χ1n) is 3.08. The Morgan fingerprint density at radius 1 is 1.58 bits per heavy atom. The summed E-state index contributed by atoms with van der Waals surface area (Å²) in [5.74, 6) is -2.09. The lowest BCUT2D eigenvalue weighted by atomic mass is 10.2. The number of carboxylic acids is 1. The van der Waals surface area contributed by atoms with Crippen LogP contribution >= 0.6 is 0 Å². The number of hydrogen-bond donors (Lipinski definition) is 2. The molecule has 0 aliphatic carbocycles. The lowest BCUT2D eigenvalue weighted by Gasteiger charge is -2.02. The Morgan fingerprint density at radius 2 is 2.17 bits per heavy atom. The SMILES string of the molecule is N[C@@H](CCC(=O)ON=O)C(=O)O. The molecule has 68 valence electrons. The Kier molecular flexibility index (Phi) is 4.54. The molecule has 0 aliphatic heterocycles. The van der Waals surface area contributed by atoms with Gasteiger partial charge in [0, 0.05) is 0 Å². The van der Waals surface area contributed by atoms with Crippen LogP contribution < -0.4 is 5.73 Å². The summed E-state index contributed by atoms with van der Waals surface area (Å²) in [6.45, 7) is 0. The fourth-order valence-corrected chi connectivity index (χ4v) is 0.484. The maximum absolute atomic E-state index is 10.4. The Balaban J connectivity index is 3.60. The minimum Gasteiger partial charge on any atom is -0.480 e. The molecular formula is C5H8N2O5. The van der Waals surface area contributed by atoms with Gasteiger partial charge >= 0.3 is 11.9 Å². The lowest BCUT2D eigenvalue weighted by molar-refractivity contribution is -0.144. The predicted octanol–water partition coefficient (Wildman–Crippen LogP) is -0.597. The highest BCUT2D eigenvalue weighted by molar-refractivity contribution is 5.75. The summed E-state index contributed by atoms with van der Waals surface area (Å²) < 4.78 is 0. The second-order valence-corrected chi connectivity index (χ2v) is 2.02. The van der Waals surface area contributed by atoms with Gasteiger partial charge < -0.3 is 10.8 Å². The molecule has 7 heteroatoms. The Morgan fingerprint density at radius 3 is 2.58 bits per heavy atom. The molecule has 0 aromatic carbocycles. The highest BCUT2D eigenvalue weighted by Gasteiger charge is 2.14. The minimum absolute atomic E-state index is 0.0797. The molecule has 0 radical (unpaired) electrons. The monoisotopic (exact) mass is 176 g/mol. The number of nitrogens with two attached hydrogens (primary N) is 1. The van der Waals surface area contributed by atoms with Crippen molar-refractivity contribution in [2.24, 2.45) is 11.1 Å². The molecule has 0 bridgehead atoms. The number of nitrogens with zero attached hydrogens (tertiary/aromatic N) is 1. The molecule has 3 N–H and O–H groups in total. The molecule has 1 atom stereocenters. The summed E-state index contributed by atoms with van der Waals surface area (Å²) in [5, 5.41) is 10.1. The van der Waals surface area contributed by atoms with Gasteiger partial charge in [-0.25, -0.2) is 4.79 Å². The van der Waals surface area contributed by atoms with Crippen molar-refractivity contribution in [1.29, 1.82) is 0 Å². The standard InChI is InChI=1S/C5H8N2O5/c6-3(5(9)10)1-2-4(8)12-7-11/h3H,1-2,6H2,(H,9,10)/t3-/m0/s1. The van der Waals surface area contributed by atoms with Crippen molar-refractivity contribution in [3.63, 3.8) is 0 Å². The zero-order valence-corrected chi connectivity index (χ0v) is 6.10. The average Bonchev–Trinajstić information content (AvgIpc) is 2.00. The fraction of sp³-hybridized carbons (Fsp3) is 0.600. The van der Waals surface area contributed by atoms with E-state index in [4.69, 9.17) is 10.8 Å². The molecule has 0 saturated heterocycles. The average molecular weight is 176 g/mol. The molecule has 0 aliphatic rings. The molecule has 0 rings (SSSR count). The van der Waals surface area contributed by atoms with Gasteiger partial charge in [-0.1, -0.05) is 0 Å². The Hall–Kier alpha value is -1.50. The summed E-state index contributed by atoms with van der Waals surface area (Å²) in [6.07, 6.45) is -0.317. The summed E-state index contributed by atoms with van der Waals surface area (Å²) in [5.41, 5.74) is 5.04. The predicted molar refractivity (Wildman–Crippen MR) is 36.7 cm³/mol. The first-order valence-corrected chi connectivity index (χ1v) is 3.08. The number of carboxylic acid groups (broad SMARTS) is 1. The van der Waals surface area contributed by atoms with Gasteiger partial charge in [0.05, 0.1) is 6.42 Å². The van der Waals surface area contributed by atoms with Gasteiger partial charge in [0.15, 0.2) is 5.34 Å². The molecule has 0 spiro atoms. The van der Waals surface area contributed by atoms with Crippen LogP contribution in [0, 0.1) is 4.91 Å². The third kappa shape index (κ3) is 4.34. The normalized spacial score (nSPS) is 11.8. The second kappa shape index (κ2) is 5.19.